The van der Waals surface area contributed by atoms with Gasteiger partial charge in [-0.05, 0) is 75.9 Å². The maximum absolute atomic E-state index is 12.5. The average molecular weight is 663 g/mol. The third kappa shape index (κ3) is 8.57. The molecule has 0 bridgehead atoms. The minimum atomic E-state index is -3.03. The first-order valence-electron chi connectivity index (χ1n) is 17.2. The van der Waals surface area contributed by atoms with Crippen molar-refractivity contribution in [3.05, 3.63) is 133 Å². The molecule has 0 fully saturated rings. The standard InChI is InChI=1S/C42H54O3Si2/c1-35(43)34-36(22-19-20-32-42(5,6)46(44,37-24-11-7-12-25-37)38-26-13-8-14-27-38)23-21-33-45-47(41(2,3)4,39-28-15-9-16-29-39)40-30-17-10-18-31-40/h7-18,24-31,34,44H,19-23,32-33H2,1-6H3/b36-34+. The fourth-order valence-electron chi connectivity index (χ4n) is 7.25. The predicted octanol–water partition coefficient (Wildman–Crippen LogP) is 7.95. The lowest BCUT2D eigenvalue weighted by Crippen LogP contribution is -2.66. The molecule has 0 aromatic heterocycles. The number of carbonyl (C=O) groups excluding carboxylic acids is 1. The van der Waals surface area contributed by atoms with Gasteiger partial charge in [-0.25, -0.2) is 0 Å². The lowest BCUT2D eigenvalue weighted by molar-refractivity contribution is -0.112. The Labute approximate surface area is 286 Å². The van der Waals surface area contributed by atoms with E-state index in [-0.39, 0.29) is 15.9 Å². The molecule has 5 heteroatoms. The Morgan fingerprint density at radius 2 is 1.04 bits per heavy atom. The maximum atomic E-state index is 12.5. The predicted molar refractivity (Wildman–Crippen MR) is 204 cm³/mol. The molecule has 0 atom stereocenters. The summed E-state index contributed by atoms with van der Waals surface area (Å²) in [7, 11) is -5.62. The Hall–Kier alpha value is -3.36. The molecule has 0 heterocycles. The zero-order valence-electron chi connectivity index (χ0n) is 29.3. The van der Waals surface area contributed by atoms with Gasteiger partial charge in [0.2, 0.25) is 0 Å². The van der Waals surface area contributed by atoms with Gasteiger partial charge in [0.15, 0.2) is 5.78 Å². The highest BCUT2D eigenvalue weighted by Gasteiger charge is 2.50. The van der Waals surface area contributed by atoms with Crippen LogP contribution in [-0.4, -0.2) is 33.8 Å². The van der Waals surface area contributed by atoms with Gasteiger partial charge in [0.05, 0.1) is 0 Å². The van der Waals surface area contributed by atoms with Crippen LogP contribution in [0, 0.1) is 0 Å². The third-order valence-electron chi connectivity index (χ3n) is 9.70. The highest BCUT2D eigenvalue weighted by Crippen LogP contribution is 2.41. The van der Waals surface area contributed by atoms with E-state index < -0.39 is 16.6 Å². The summed E-state index contributed by atoms with van der Waals surface area (Å²) in [5, 5.41) is 4.34. The quantitative estimate of drug-likeness (QED) is 0.0753. The molecule has 4 aromatic rings. The molecule has 1 N–H and O–H groups in total. The highest BCUT2D eigenvalue weighted by atomic mass is 28.4. The number of hydrogen-bond acceptors (Lipinski definition) is 3. The van der Waals surface area contributed by atoms with Crippen molar-refractivity contribution in [1.29, 1.82) is 0 Å². The van der Waals surface area contributed by atoms with Crippen molar-refractivity contribution in [2.45, 2.75) is 90.1 Å². The van der Waals surface area contributed by atoms with Crippen molar-refractivity contribution >= 4 is 43.2 Å². The highest BCUT2D eigenvalue weighted by molar-refractivity contribution is 6.99. The van der Waals surface area contributed by atoms with Gasteiger partial charge in [0, 0.05) is 6.61 Å². The molecule has 0 unspecified atom stereocenters. The lowest BCUT2D eigenvalue weighted by Gasteiger charge is -2.43. The van der Waals surface area contributed by atoms with Crippen molar-refractivity contribution in [1.82, 2.24) is 0 Å². The largest absolute Gasteiger partial charge is 0.424 e. The monoisotopic (exact) mass is 662 g/mol. The van der Waals surface area contributed by atoms with Gasteiger partial charge in [0.25, 0.3) is 16.6 Å². The van der Waals surface area contributed by atoms with E-state index in [1.165, 1.54) is 15.9 Å². The minimum absolute atomic E-state index is 0.0642. The molecule has 248 valence electrons. The number of allylic oxidation sites excluding steroid dienone is 2. The molecule has 0 saturated heterocycles. The van der Waals surface area contributed by atoms with E-state index in [9.17, 15) is 9.59 Å². The van der Waals surface area contributed by atoms with Crippen LogP contribution in [0.3, 0.4) is 0 Å². The van der Waals surface area contributed by atoms with Crippen LogP contribution in [0.25, 0.3) is 0 Å². The summed E-state index contributed by atoms with van der Waals surface area (Å²) >= 11 is 0. The van der Waals surface area contributed by atoms with Crippen LogP contribution in [-0.2, 0) is 9.22 Å². The second-order valence-electron chi connectivity index (χ2n) is 14.6. The van der Waals surface area contributed by atoms with Crippen LogP contribution in [0.4, 0.5) is 0 Å². The first-order chi connectivity index (χ1) is 22.4. The summed E-state index contributed by atoms with van der Waals surface area (Å²) < 4.78 is 7.12. The van der Waals surface area contributed by atoms with Crippen LogP contribution in [0.2, 0.25) is 10.1 Å². The lowest BCUT2D eigenvalue weighted by atomic mass is 9.98. The van der Waals surface area contributed by atoms with E-state index in [0.717, 1.165) is 48.9 Å². The van der Waals surface area contributed by atoms with Crippen LogP contribution < -0.4 is 20.7 Å². The summed E-state index contributed by atoms with van der Waals surface area (Å²) in [4.78, 5) is 24.8. The Morgan fingerprint density at radius 3 is 1.45 bits per heavy atom. The van der Waals surface area contributed by atoms with Crippen molar-refractivity contribution < 1.29 is 14.0 Å². The first kappa shape index (κ1) is 36.5. The molecule has 3 nitrogen and oxygen atoms in total. The zero-order chi connectivity index (χ0) is 34.0. The second-order valence-corrected chi connectivity index (χ2v) is 22.8. The fraction of sp³-hybridized carbons (Fsp3) is 0.357. The van der Waals surface area contributed by atoms with Crippen molar-refractivity contribution in [3.8, 4) is 0 Å². The maximum Gasteiger partial charge on any atom is 0.261 e. The smallest absolute Gasteiger partial charge is 0.261 e. The number of benzene rings is 4. The molecule has 0 aliphatic carbocycles. The Bertz CT molecular complexity index is 1480. The average Bonchev–Trinajstić information content (AvgIpc) is 3.07. The summed E-state index contributed by atoms with van der Waals surface area (Å²) in [6.07, 6.45) is 7.29. The van der Waals surface area contributed by atoms with Crippen LogP contribution in [0.5, 0.6) is 0 Å². The summed E-state index contributed by atoms with van der Waals surface area (Å²) in [5.74, 6) is 0.100. The van der Waals surface area contributed by atoms with Gasteiger partial charge in [-0.3, -0.25) is 4.79 Å². The molecule has 0 spiro atoms. The number of unbranched alkanes of at least 4 members (excludes halogenated alkanes) is 1. The van der Waals surface area contributed by atoms with E-state index in [0.29, 0.717) is 6.61 Å². The van der Waals surface area contributed by atoms with E-state index >= 15 is 0 Å². The van der Waals surface area contributed by atoms with Crippen molar-refractivity contribution in [2.24, 2.45) is 0 Å². The van der Waals surface area contributed by atoms with E-state index in [1.54, 1.807) is 6.92 Å². The third-order valence-corrected chi connectivity index (χ3v) is 19.3. The Balaban J connectivity index is 1.43. The number of rotatable bonds is 16. The van der Waals surface area contributed by atoms with Gasteiger partial charge in [-0.15, -0.1) is 0 Å². The molecule has 0 amide bonds. The van der Waals surface area contributed by atoms with Gasteiger partial charge in [0.1, 0.15) is 0 Å². The topological polar surface area (TPSA) is 46.5 Å². The SMILES string of the molecule is CC(=O)/C=C(\CCCCC(C)(C)[Si](O)(c1ccccc1)c1ccccc1)CCCO[Si](c1ccccc1)(c1ccccc1)C(C)(C)C. The molecular weight excluding hydrogens is 609 g/mol. The van der Waals surface area contributed by atoms with Gasteiger partial charge >= 0.3 is 0 Å². The molecular formula is C42H54O3Si2. The molecule has 0 saturated carbocycles. The van der Waals surface area contributed by atoms with E-state index in [1.807, 2.05) is 42.5 Å². The first-order valence-corrected chi connectivity index (χ1v) is 21.1. The summed E-state index contributed by atoms with van der Waals surface area (Å²) in [5.41, 5.74) is 1.19. The van der Waals surface area contributed by atoms with Gasteiger partial charge in [-0.1, -0.05) is 168 Å². The number of carbonyl (C=O) groups is 1. The van der Waals surface area contributed by atoms with E-state index in [4.69, 9.17) is 4.43 Å². The molecule has 4 rings (SSSR count). The minimum Gasteiger partial charge on any atom is -0.424 e. The second kappa shape index (κ2) is 16.2. The summed E-state index contributed by atoms with van der Waals surface area (Å²) in [6, 6.07) is 42.0. The molecule has 47 heavy (non-hydrogen) atoms. The molecule has 0 aliphatic rings. The zero-order valence-corrected chi connectivity index (χ0v) is 31.3. The Kier molecular flexibility index (Phi) is 12.5. The van der Waals surface area contributed by atoms with Crippen LogP contribution in [0.1, 0.15) is 80.1 Å². The number of hydrogen-bond donors (Lipinski definition) is 1. The van der Waals surface area contributed by atoms with Crippen LogP contribution in [0.15, 0.2) is 133 Å². The van der Waals surface area contributed by atoms with Crippen molar-refractivity contribution in [2.75, 3.05) is 6.61 Å². The fourth-order valence-corrected chi connectivity index (χ4v) is 15.6. The summed E-state index contributed by atoms with van der Waals surface area (Å²) in [6.45, 7) is 13.7. The normalized spacial score (nSPS) is 13.0. The molecule has 0 aliphatic heterocycles. The van der Waals surface area contributed by atoms with E-state index in [2.05, 4.69) is 120 Å². The van der Waals surface area contributed by atoms with Crippen molar-refractivity contribution in [3.63, 3.8) is 0 Å². The number of ketones is 1. The van der Waals surface area contributed by atoms with Crippen LogP contribution >= 0.6 is 0 Å². The molecule has 4 aromatic carbocycles. The van der Waals surface area contributed by atoms with Gasteiger partial charge in [-0.2, -0.15) is 0 Å². The molecule has 0 radical (unpaired) electrons. The van der Waals surface area contributed by atoms with Gasteiger partial charge < -0.3 is 9.22 Å². The Morgan fingerprint density at radius 1 is 0.638 bits per heavy atom.